The van der Waals surface area contributed by atoms with Gasteiger partial charge in [-0.25, -0.2) is 0 Å². The molecule has 2 heterocycles. The molecule has 0 N–H and O–H groups in total. The van der Waals surface area contributed by atoms with Gasteiger partial charge in [-0.05, 0) is 81.0 Å². The van der Waals surface area contributed by atoms with Crippen molar-refractivity contribution in [2.75, 3.05) is 26.2 Å². The van der Waals surface area contributed by atoms with Crippen LogP contribution >= 0.6 is 0 Å². The smallest absolute Gasteiger partial charge is 0.247 e. The van der Waals surface area contributed by atoms with Gasteiger partial charge in [0.2, 0.25) is 6.54 Å². The molecule has 132 valence electrons. The standard InChI is InChI=1S/C20H26N3O2/c1-15-4-2-10-22(15)11-3-13-25-18-7-8-19-17(14-18)6-5-16-9-12-23(24)21-20(16)19/h7-9,14-15H,2-6,10-13H2,1H3/q+1/t15-/m1/s1. The maximum atomic E-state index is 11.6. The number of nitroso groups, excluding NO2 is 1. The minimum Gasteiger partial charge on any atom is -0.494 e. The lowest BCUT2D eigenvalue weighted by molar-refractivity contribution is -0.545. The molecule has 0 aromatic heterocycles. The Bertz CT molecular complexity index is 738. The van der Waals surface area contributed by atoms with E-state index in [0.29, 0.717) is 6.54 Å². The quantitative estimate of drug-likeness (QED) is 0.610. The van der Waals surface area contributed by atoms with E-state index in [4.69, 9.17) is 4.74 Å². The van der Waals surface area contributed by atoms with Gasteiger partial charge in [0.15, 0.2) is 4.87 Å². The highest BCUT2D eigenvalue weighted by Gasteiger charge is 2.28. The van der Waals surface area contributed by atoms with Gasteiger partial charge in [-0.15, -0.1) is 0 Å². The largest absolute Gasteiger partial charge is 0.494 e. The number of ether oxygens (including phenoxy) is 1. The number of hydrogen-bond donors (Lipinski definition) is 0. The minimum absolute atomic E-state index is 0.366. The fourth-order valence-electron chi connectivity index (χ4n) is 4.10. The normalized spacial score (nSPS) is 22.9. The first-order chi connectivity index (χ1) is 12.2. The van der Waals surface area contributed by atoms with E-state index in [-0.39, 0.29) is 0 Å². The lowest BCUT2D eigenvalue weighted by Gasteiger charge is -2.22. The topological polar surface area (TPSA) is 44.9 Å². The van der Waals surface area contributed by atoms with Gasteiger partial charge in [-0.2, -0.15) is 0 Å². The zero-order valence-electron chi connectivity index (χ0n) is 14.9. The lowest BCUT2D eigenvalue weighted by atomic mass is 9.85. The summed E-state index contributed by atoms with van der Waals surface area (Å²) in [7, 11) is 0. The van der Waals surface area contributed by atoms with Gasteiger partial charge < -0.3 is 9.64 Å². The highest BCUT2D eigenvalue weighted by atomic mass is 16.5. The summed E-state index contributed by atoms with van der Waals surface area (Å²) in [6, 6.07) is 6.91. The molecule has 0 bridgehead atoms. The van der Waals surface area contributed by atoms with Crippen LogP contribution in [0.25, 0.3) is 0 Å². The maximum Gasteiger partial charge on any atom is 0.247 e. The van der Waals surface area contributed by atoms with Crippen LogP contribution in [0.4, 0.5) is 0 Å². The summed E-state index contributed by atoms with van der Waals surface area (Å²) in [4.78, 5) is 14.9. The summed E-state index contributed by atoms with van der Waals surface area (Å²) in [5.74, 6) is 0.927. The van der Waals surface area contributed by atoms with Gasteiger partial charge in [0, 0.05) is 18.2 Å². The Hall–Kier alpha value is -2.01. The molecule has 25 heavy (non-hydrogen) atoms. The second-order valence-corrected chi connectivity index (χ2v) is 7.26. The van der Waals surface area contributed by atoms with Crippen molar-refractivity contribution in [3.8, 4) is 5.75 Å². The first kappa shape index (κ1) is 16.5. The molecule has 0 spiro atoms. The van der Waals surface area contributed by atoms with E-state index in [0.717, 1.165) is 60.3 Å². The molecule has 1 aromatic carbocycles. The van der Waals surface area contributed by atoms with Gasteiger partial charge in [0.25, 0.3) is 0 Å². The van der Waals surface area contributed by atoms with Crippen LogP contribution in [-0.2, 0) is 6.42 Å². The van der Waals surface area contributed by atoms with Gasteiger partial charge in [-0.3, -0.25) is 0 Å². The Morgan fingerprint density at radius 3 is 3.12 bits per heavy atom. The van der Waals surface area contributed by atoms with Crippen LogP contribution in [0.15, 0.2) is 34.9 Å². The average Bonchev–Trinajstić information content (AvgIpc) is 3.03. The lowest BCUT2D eigenvalue weighted by Crippen LogP contribution is -2.28. The Morgan fingerprint density at radius 1 is 1.36 bits per heavy atom. The predicted octanol–water partition coefficient (Wildman–Crippen LogP) is 3.31. The molecule has 1 saturated heterocycles. The monoisotopic (exact) mass is 340 g/mol. The third-order valence-corrected chi connectivity index (χ3v) is 5.55. The van der Waals surface area contributed by atoms with Crippen molar-refractivity contribution in [2.45, 2.75) is 45.1 Å². The van der Waals surface area contributed by atoms with Crippen LogP contribution in [-0.4, -0.2) is 47.8 Å². The van der Waals surface area contributed by atoms with Crippen molar-refractivity contribution in [2.24, 2.45) is 5.10 Å². The van der Waals surface area contributed by atoms with Crippen molar-refractivity contribution in [1.29, 1.82) is 0 Å². The number of benzene rings is 1. The molecule has 0 amide bonds. The number of rotatable bonds is 5. The van der Waals surface area contributed by atoms with Crippen molar-refractivity contribution in [3.63, 3.8) is 0 Å². The zero-order chi connectivity index (χ0) is 17.2. The summed E-state index contributed by atoms with van der Waals surface area (Å²) in [6.45, 7) is 5.79. The average molecular weight is 340 g/mol. The summed E-state index contributed by atoms with van der Waals surface area (Å²) >= 11 is 0. The second-order valence-electron chi connectivity index (χ2n) is 7.26. The minimum atomic E-state index is 0.366. The number of hydrazone groups is 1. The number of allylic oxidation sites excluding steroid dienone is 1. The summed E-state index contributed by atoms with van der Waals surface area (Å²) in [5.41, 5.74) is 4.36. The SMILES string of the molecule is C[C@@H]1CCCN1CCCOc1ccc2c(c1)CCC1=CC[N+](=O)N=C12. The molecule has 1 aliphatic carbocycles. The van der Waals surface area contributed by atoms with Gasteiger partial charge in [-0.1, -0.05) is 0 Å². The van der Waals surface area contributed by atoms with Crippen LogP contribution in [0.1, 0.15) is 43.7 Å². The van der Waals surface area contributed by atoms with Crippen LogP contribution in [0.5, 0.6) is 5.75 Å². The molecular formula is C20H26N3O2+. The maximum absolute atomic E-state index is 11.6. The molecule has 2 aliphatic heterocycles. The van der Waals surface area contributed by atoms with Crippen LogP contribution in [0.3, 0.4) is 0 Å². The summed E-state index contributed by atoms with van der Waals surface area (Å²) in [6.07, 6.45) is 7.66. The number of likely N-dealkylation sites (tertiary alicyclic amines) is 1. The van der Waals surface area contributed by atoms with E-state index < -0.39 is 0 Å². The number of nitrogens with zero attached hydrogens (tertiary/aromatic N) is 3. The molecular weight excluding hydrogens is 314 g/mol. The first-order valence-corrected chi connectivity index (χ1v) is 9.43. The number of fused-ring (bicyclic) bond motifs is 3. The molecule has 1 fully saturated rings. The summed E-state index contributed by atoms with van der Waals surface area (Å²) in [5, 5.41) is 4.18. The second kappa shape index (κ2) is 7.08. The number of hydrogen-bond acceptors (Lipinski definition) is 3. The van der Waals surface area contributed by atoms with Crippen LogP contribution in [0, 0.1) is 4.91 Å². The molecule has 4 rings (SSSR count). The van der Waals surface area contributed by atoms with Gasteiger partial charge >= 0.3 is 0 Å². The fourth-order valence-corrected chi connectivity index (χ4v) is 4.10. The van der Waals surface area contributed by atoms with E-state index in [9.17, 15) is 4.91 Å². The fraction of sp³-hybridized carbons (Fsp3) is 0.550. The van der Waals surface area contributed by atoms with E-state index in [1.807, 2.05) is 12.1 Å². The molecule has 0 radical (unpaired) electrons. The van der Waals surface area contributed by atoms with Crippen molar-refractivity contribution < 1.29 is 9.61 Å². The third-order valence-electron chi connectivity index (χ3n) is 5.55. The van der Waals surface area contributed by atoms with Crippen LogP contribution in [0.2, 0.25) is 0 Å². The molecule has 0 unspecified atom stereocenters. The van der Waals surface area contributed by atoms with Crippen molar-refractivity contribution in [1.82, 2.24) is 4.90 Å². The van der Waals surface area contributed by atoms with E-state index >= 15 is 0 Å². The zero-order valence-corrected chi connectivity index (χ0v) is 14.9. The Kier molecular flexibility index (Phi) is 4.66. The Morgan fingerprint density at radius 2 is 2.28 bits per heavy atom. The van der Waals surface area contributed by atoms with Gasteiger partial charge in [0.1, 0.15) is 11.5 Å². The first-order valence-electron chi connectivity index (χ1n) is 9.43. The molecule has 5 nitrogen and oxygen atoms in total. The highest BCUT2D eigenvalue weighted by Crippen LogP contribution is 2.30. The highest BCUT2D eigenvalue weighted by molar-refractivity contribution is 6.14. The van der Waals surface area contributed by atoms with Gasteiger partial charge in [0.05, 0.1) is 16.6 Å². The third kappa shape index (κ3) is 3.52. The molecule has 5 heteroatoms. The van der Waals surface area contributed by atoms with E-state index in [1.165, 1.54) is 30.5 Å². The van der Waals surface area contributed by atoms with Crippen molar-refractivity contribution >= 4 is 5.71 Å². The molecule has 1 aromatic rings. The van der Waals surface area contributed by atoms with Crippen LogP contribution < -0.4 is 4.74 Å². The Labute approximate surface area is 148 Å². The van der Waals surface area contributed by atoms with E-state index in [1.54, 1.807) is 0 Å². The molecule has 0 saturated carbocycles. The predicted molar refractivity (Wildman–Crippen MR) is 98.3 cm³/mol. The number of aryl methyl sites for hydroxylation is 1. The van der Waals surface area contributed by atoms with Crippen molar-refractivity contribution in [3.05, 3.63) is 45.9 Å². The Balaban J connectivity index is 1.37. The van der Waals surface area contributed by atoms with E-state index in [2.05, 4.69) is 29.1 Å². The molecule has 3 aliphatic rings. The summed E-state index contributed by atoms with van der Waals surface area (Å²) < 4.78 is 5.97. The molecule has 1 atom stereocenters.